The first-order chi connectivity index (χ1) is 11.2. The number of aromatic nitrogens is 2. The van der Waals surface area contributed by atoms with Crippen molar-refractivity contribution in [2.24, 2.45) is 0 Å². The summed E-state index contributed by atoms with van der Waals surface area (Å²) in [5, 5.41) is 0. The zero-order chi connectivity index (χ0) is 15.8. The van der Waals surface area contributed by atoms with E-state index < -0.39 is 0 Å². The van der Waals surface area contributed by atoms with Gasteiger partial charge in [-0.3, -0.25) is 14.0 Å². The zero-order valence-corrected chi connectivity index (χ0v) is 12.4. The van der Waals surface area contributed by atoms with Crippen LogP contribution in [0.4, 0.5) is 0 Å². The van der Waals surface area contributed by atoms with Gasteiger partial charge in [-0.1, -0.05) is 18.2 Å². The lowest BCUT2D eigenvalue weighted by Crippen LogP contribution is -2.16. The number of Topliss-reactive ketones (excluding diaryl/α,β-unsaturated/α-hetero) is 1. The number of carbonyl (C=O) groups excluding carboxylic acids is 1. The lowest BCUT2D eigenvalue weighted by molar-refractivity contribution is 0.0994. The number of benzene rings is 1. The summed E-state index contributed by atoms with van der Waals surface area (Å²) in [6.45, 7) is 0.200. The van der Waals surface area contributed by atoms with Crippen molar-refractivity contribution in [3.8, 4) is 5.75 Å². The molecule has 5 nitrogen and oxygen atoms in total. The van der Waals surface area contributed by atoms with Crippen molar-refractivity contribution in [2.45, 2.75) is 19.4 Å². The molecular formula is C18H14N2O3. The maximum absolute atomic E-state index is 12.1. The van der Waals surface area contributed by atoms with E-state index in [0.717, 1.165) is 11.1 Å². The third-order valence-corrected chi connectivity index (χ3v) is 4.04. The molecule has 0 amide bonds. The molecule has 2 aromatic heterocycles. The predicted octanol–water partition coefficient (Wildman–Crippen LogP) is 2.40. The quantitative estimate of drug-likeness (QED) is 0.745. The first kappa shape index (κ1) is 13.7. The number of ketones is 1. The van der Waals surface area contributed by atoms with Gasteiger partial charge < -0.3 is 4.74 Å². The molecular weight excluding hydrogens is 292 g/mol. The lowest BCUT2D eigenvalue weighted by atomic mass is 10.1. The Morgan fingerprint density at radius 2 is 2.00 bits per heavy atom. The molecule has 0 N–H and O–H groups in total. The second kappa shape index (κ2) is 5.35. The Labute approximate surface area is 132 Å². The van der Waals surface area contributed by atoms with Crippen molar-refractivity contribution in [3.05, 3.63) is 75.8 Å². The molecule has 5 heteroatoms. The average Bonchev–Trinajstić information content (AvgIpc) is 2.95. The number of carbonyl (C=O) groups is 1. The Hall–Kier alpha value is -2.95. The third kappa shape index (κ3) is 2.40. The van der Waals surface area contributed by atoms with Crippen LogP contribution in [0.3, 0.4) is 0 Å². The number of hydrogen-bond acceptors (Lipinski definition) is 4. The van der Waals surface area contributed by atoms with Crippen molar-refractivity contribution >= 4 is 11.4 Å². The Morgan fingerprint density at radius 3 is 2.91 bits per heavy atom. The lowest BCUT2D eigenvalue weighted by Gasteiger charge is -2.10. The predicted molar refractivity (Wildman–Crippen MR) is 84.9 cm³/mol. The second-order valence-electron chi connectivity index (χ2n) is 5.51. The molecule has 1 aromatic carbocycles. The zero-order valence-electron chi connectivity index (χ0n) is 12.4. The van der Waals surface area contributed by atoms with Crippen LogP contribution in [0.2, 0.25) is 0 Å². The number of rotatable bonds is 3. The van der Waals surface area contributed by atoms with E-state index in [1.54, 1.807) is 18.3 Å². The van der Waals surface area contributed by atoms with Crippen LogP contribution in [0.15, 0.2) is 53.5 Å². The van der Waals surface area contributed by atoms with Crippen LogP contribution in [0, 0.1) is 0 Å². The molecule has 0 aliphatic heterocycles. The highest BCUT2D eigenvalue weighted by Crippen LogP contribution is 2.30. The van der Waals surface area contributed by atoms with Crippen molar-refractivity contribution < 1.29 is 9.53 Å². The molecule has 0 saturated carbocycles. The minimum atomic E-state index is -0.136. The van der Waals surface area contributed by atoms with Gasteiger partial charge in [0.05, 0.1) is 5.69 Å². The minimum Gasteiger partial charge on any atom is -0.487 e. The van der Waals surface area contributed by atoms with Gasteiger partial charge in [-0.2, -0.15) is 0 Å². The van der Waals surface area contributed by atoms with Gasteiger partial charge in [0.2, 0.25) is 0 Å². The van der Waals surface area contributed by atoms with E-state index in [4.69, 9.17) is 4.74 Å². The van der Waals surface area contributed by atoms with Crippen molar-refractivity contribution in [1.29, 1.82) is 0 Å². The molecule has 23 heavy (non-hydrogen) atoms. The Kier molecular flexibility index (Phi) is 3.19. The van der Waals surface area contributed by atoms with Gasteiger partial charge >= 0.3 is 0 Å². The third-order valence-electron chi connectivity index (χ3n) is 4.04. The fraction of sp³-hybridized carbons (Fsp3) is 0.167. The van der Waals surface area contributed by atoms with Crippen LogP contribution in [0.1, 0.15) is 28.0 Å². The van der Waals surface area contributed by atoms with E-state index in [9.17, 15) is 9.59 Å². The first-order valence-corrected chi connectivity index (χ1v) is 7.47. The highest BCUT2D eigenvalue weighted by atomic mass is 16.5. The van der Waals surface area contributed by atoms with Crippen LogP contribution < -0.4 is 10.3 Å². The summed E-state index contributed by atoms with van der Waals surface area (Å²) < 4.78 is 7.31. The molecule has 4 rings (SSSR count). The molecule has 0 saturated heterocycles. The summed E-state index contributed by atoms with van der Waals surface area (Å²) in [5.41, 5.74) is 2.72. The second-order valence-corrected chi connectivity index (χ2v) is 5.51. The van der Waals surface area contributed by atoms with Gasteiger partial charge in [-0.05, 0) is 24.6 Å². The monoisotopic (exact) mass is 306 g/mol. The number of nitrogens with zero attached hydrogens (tertiary/aromatic N) is 2. The van der Waals surface area contributed by atoms with Gasteiger partial charge in [0.15, 0.2) is 5.78 Å². The number of ether oxygens (including phenoxy) is 1. The highest BCUT2D eigenvalue weighted by Gasteiger charge is 2.22. The smallest absolute Gasteiger partial charge is 0.258 e. The maximum atomic E-state index is 12.1. The van der Waals surface area contributed by atoms with Crippen molar-refractivity contribution in [3.63, 3.8) is 0 Å². The Morgan fingerprint density at radius 1 is 1.09 bits per heavy atom. The standard InChI is InChI=1S/C18H14N2O3/c21-15-8-7-14-13(15)4-3-5-16(14)23-11-12-10-18(22)20-9-2-1-6-17(20)19-12/h1-6,9-10H,7-8,11H2. The van der Waals surface area contributed by atoms with E-state index in [0.29, 0.717) is 29.9 Å². The van der Waals surface area contributed by atoms with Crippen molar-refractivity contribution in [1.82, 2.24) is 9.38 Å². The van der Waals surface area contributed by atoms with Gasteiger partial charge in [0.1, 0.15) is 18.0 Å². The molecule has 0 radical (unpaired) electrons. The molecule has 1 aliphatic rings. The summed E-state index contributed by atoms with van der Waals surface area (Å²) in [5.74, 6) is 0.857. The van der Waals surface area contributed by atoms with E-state index in [2.05, 4.69) is 4.98 Å². The number of pyridine rings is 1. The molecule has 0 unspecified atom stereocenters. The maximum Gasteiger partial charge on any atom is 0.258 e. The molecule has 114 valence electrons. The van der Waals surface area contributed by atoms with E-state index in [1.165, 1.54) is 10.5 Å². The molecule has 0 fully saturated rings. The molecule has 0 atom stereocenters. The summed E-state index contributed by atoms with van der Waals surface area (Å²) in [7, 11) is 0. The molecule has 0 spiro atoms. The van der Waals surface area contributed by atoms with Gasteiger partial charge in [-0.15, -0.1) is 0 Å². The molecule has 3 aromatic rings. The molecule has 1 aliphatic carbocycles. The average molecular weight is 306 g/mol. The van der Waals surface area contributed by atoms with Crippen LogP contribution in [-0.2, 0) is 13.0 Å². The number of hydrogen-bond donors (Lipinski definition) is 0. The van der Waals surface area contributed by atoms with E-state index in [-0.39, 0.29) is 17.9 Å². The fourth-order valence-electron chi connectivity index (χ4n) is 2.92. The summed E-state index contributed by atoms with van der Waals surface area (Å²) in [6.07, 6.45) is 2.93. The van der Waals surface area contributed by atoms with Crippen LogP contribution in [-0.4, -0.2) is 15.2 Å². The topological polar surface area (TPSA) is 60.7 Å². The van der Waals surface area contributed by atoms with Gasteiger partial charge in [0, 0.05) is 29.8 Å². The van der Waals surface area contributed by atoms with Gasteiger partial charge in [-0.25, -0.2) is 4.98 Å². The summed E-state index contributed by atoms with van der Waals surface area (Å²) >= 11 is 0. The van der Waals surface area contributed by atoms with Crippen molar-refractivity contribution in [2.75, 3.05) is 0 Å². The van der Waals surface area contributed by atoms with Crippen LogP contribution >= 0.6 is 0 Å². The molecule has 2 heterocycles. The van der Waals surface area contributed by atoms with E-state index >= 15 is 0 Å². The SMILES string of the molecule is O=C1CCc2c(OCc3cc(=O)n4ccccc4n3)cccc21. The molecule has 0 bridgehead atoms. The summed E-state index contributed by atoms with van der Waals surface area (Å²) in [6, 6.07) is 12.4. The largest absolute Gasteiger partial charge is 0.487 e. The van der Waals surface area contributed by atoms with Crippen LogP contribution in [0.5, 0.6) is 5.75 Å². The first-order valence-electron chi connectivity index (χ1n) is 7.47. The number of fused-ring (bicyclic) bond motifs is 2. The Bertz CT molecular complexity index is 975. The highest BCUT2D eigenvalue weighted by molar-refractivity contribution is 6.01. The fourth-order valence-corrected chi connectivity index (χ4v) is 2.92. The van der Waals surface area contributed by atoms with Gasteiger partial charge in [0.25, 0.3) is 5.56 Å². The van der Waals surface area contributed by atoms with E-state index in [1.807, 2.05) is 24.3 Å². The summed E-state index contributed by atoms with van der Waals surface area (Å²) in [4.78, 5) is 28.3. The van der Waals surface area contributed by atoms with Crippen LogP contribution in [0.25, 0.3) is 5.65 Å². The normalized spacial score (nSPS) is 13.3. The Balaban J connectivity index is 1.63. The minimum absolute atomic E-state index is 0.136.